The van der Waals surface area contributed by atoms with Gasteiger partial charge in [0, 0.05) is 19.3 Å². The van der Waals surface area contributed by atoms with Crippen molar-refractivity contribution >= 4 is 17.9 Å². The van der Waals surface area contributed by atoms with E-state index in [1.165, 1.54) is 148 Å². The molecular formula is C67H116O6. The lowest BCUT2D eigenvalue weighted by atomic mass is 10.0. The van der Waals surface area contributed by atoms with E-state index < -0.39 is 6.10 Å². The molecule has 0 amide bonds. The van der Waals surface area contributed by atoms with Gasteiger partial charge in [-0.05, 0) is 96.3 Å². The molecule has 0 bridgehead atoms. The van der Waals surface area contributed by atoms with Crippen LogP contribution in [0, 0.1) is 0 Å². The van der Waals surface area contributed by atoms with Crippen molar-refractivity contribution in [2.45, 2.75) is 309 Å². The Morgan fingerprint density at radius 2 is 0.534 bits per heavy atom. The molecule has 0 aliphatic heterocycles. The second-order valence-corrected chi connectivity index (χ2v) is 20.6. The van der Waals surface area contributed by atoms with Crippen LogP contribution in [-0.2, 0) is 28.6 Å². The van der Waals surface area contributed by atoms with Gasteiger partial charge in [0.25, 0.3) is 0 Å². The summed E-state index contributed by atoms with van der Waals surface area (Å²) in [6, 6.07) is 0. The van der Waals surface area contributed by atoms with Crippen LogP contribution in [-0.4, -0.2) is 37.2 Å². The van der Waals surface area contributed by atoms with Crippen LogP contribution in [0.25, 0.3) is 0 Å². The summed E-state index contributed by atoms with van der Waals surface area (Å²) >= 11 is 0. The zero-order chi connectivity index (χ0) is 52.9. The van der Waals surface area contributed by atoms with E-state index in [0.717, 1.165) is 116 Å². The molecule has 0 radical (unpaired) electrons. The van der Waals surface area contributed by atoms with Gasteiger partial charge in [-0.15, -0.1) is 0 Å². The number of hydrogen-bond donors (Lipinski definition) is 0. The Hall–Kier alpha value is -3.41. The van der Waals surface area contributed by atoms with Crippen molar-refractivity contribution in [1.82, 2.24) is 0 Å². The van der Waals surface area contributed by atoms with Gasteiger partial charge in [-0.25, -0.2) is 0 Å². The largest absolute Gasteiger partial charge is 0.462 e. The average Bonchev–Trinajstić information content (AvgIpc) is 3.39. The Morgan fingerprint density at radius 3 is 0.836 bits per heavy atom. The fraction of sp³-hybridized carbons (Fsp3) is 0.746. The molecule has 0 saturated carbocycles. The predicted molar refractivity (Wildman–Crippen MR) is 316 cm³/mol. The van der Waals surface area contributed by atoms with Gasteiger partial charge in [-0.1, -0.05) is 273 Å². The summed E-state index contributed by atoms with van der Waals surface area (Å²) in [6.45, 7) is 6.52. The normalized spacial score (nSPS) is 12.6. The molecule has 1 atom stereocenters. The van der Waals surface area contributed by atoms with E-state index >= 15 is 0 Å². The molecule has 0 saturated heterocycles. The highest BCUT2D eigenvalue weighted by Gasteiger charge is 2.19. The van der Waals surface area contributed by atoms with Crippen LogP contribution in [0.15, 0.2) is 85.1 Å². The number of carbonyl (C=O) groups excluding carboxylic acids is 3. The molecule has 0 spiro atoms. The van der Waals surface area contributed by atoms with Gasteiger partial charge in [0.15, 0.2) is 6.10 Å². The Balaban J connectivity index is 4.33. The molecule has 6 heteroatoms. The van der Waals surface area contributed by atoms with E-state index in [9.17, 15) is 14.4 Å². The first-order valence-corrected chi connectivity index (χ1v) is 31.1. The standard InChI is InChI=1S/C67H116O6/c1-4-7-10-13-16-19-22-24-26-28-30-32-33-35-36-38-40-42-45-48-51-54-57-60-66(69)72-63-64(62-71-65(68)59-56-53-50-47-44-21-18-15-12-9-6-3)73-67(70)61-58-55-52-49-46-43-41-39-37-34-31-29-27-25-23-20-17-14-11-8-5-2/h8,11,17,20,22,24-25,27-28,30-31,34,39,41,64H,4-7,9-10,12-16,18-19,21,23,26,29,32-33,35-38,40,42-63H2,1-3H3/b11-8-,20-17-,24-22-,27-25-,30-28-,34-31-,41-39-. The molecule has 0 aliphatic rings. The third kappa shape index (κ3) is 59.3. The topological polar surface area (TPSA) is 78.9 Å². The number of rotatable bonds is 56. The number of allylic oxidation sites excluding steroid dienone is 14. The molecule has 0 aromatic rings. The molecule has 0 rings (SSSR count). The molecule has 0 heterocycles. The lowest BCUT2D eigenvalue weighted by Gasteiger charge is -2.18. The minimum absolute atomic E-state index is 0.0829. The maximum atomic E-state index is 12.9. The molecule has 0 aliphatic carbocycles. The van der Waals surface area contributed by atoms with Gasteiger partial charge < -0.3 is 14.2 Å². The van der Waals surface area contributed by atoms with Crippen LogP contribution < -0.4 is 0 Å². The third-order valence-electron chi connectivity index (χ3n) is 13.4. The van der Waals surface area contributed by atoms with E-state index in [4.69, 9.17) is 14.2 Å². The molecule has 6 nitrogen and oxygen atoms in total. The van der Waals surface area contributed by atoms with Crippen molar-refractivity contribution in [3.05, 3.63) is 85.1 Å². The SMILES string of the molecule is CC/C=C\C/C=C\C/C=C\C/C=C\C/C=C\CCCCCCCC(=O)OC(COC(=O)CCCCCCCCCCCCC)COC(=O)CCCCCCCCCCCCC/C=C\C/C=C\CCCCCCC. The predicted octanol–water partition coefficient (Wildman–Crippen LogP) is 21.1. The summed E-state index contributed by atoms with van der Waals surface area (Å²) in [7, 11) is 0. The van der Waals surface area contributed by atoms with Crippen molar-refractivity contribution in [1.29, 1.82) is 0 Å². The molecule has 0 fully saturated rings. The van der Waals surface area contributed by atoms with Crippen molar-refractivity contribution in [3.8, 4) is 0 Å². The van der Waals surface area contributed by atoms with Gasteiger partial charge in [0.2, 0.25) is 0 Å². The van der Waals surface area contributed by atoms with Crippen LogP contribution in [0.2, 0.25) is 0 Å². The van der Waals surface area contributed by atoms with Gasteiger partial charge in [0.1, 0.15) is 13.2 Å². The van der Waals surface area contributed by atoms with Gasteiger partial charge in [-0.3, -0.25) is 14.4 Å². The quantitative estimate of drug-likeness (QED) is 0.0261. The van der Waals surface area contributed by atoms with Crippen molar-refractivity contribution < 1.29 is 28.6 Å². The van der Waals surface area contributed by atoms with Crippen molar-refractivity contribution in [3.63, 3.8) is 0 Å². The Kier molecular flexibility index (Phi) is 58.3. The van der Waals surface area contributed by atoms with Crippen molar-refractivity contribution in [2.24, 2.45) is 0 Å². The van der Waals surface area contributed by atoms with Gasteiger partial charge >= 0.3 is 17.9 Å². The minimum atomic E-state index is -0.787. The summed E-state index contributed by atoms with van der Waals surface area (Å²) in [5, 5.41) is 0. The highest BCUT2D eigenvalue weighted by Crippen LogP contribution is 2.16. The number of ether oxygens (including phenoxy) is 3. The highest BCUT2D eigenvalue weighted by molar-refractivity contribution is 5.71. The number of carbonyl (C=O) groups is 3. The smallest absolute Gasteiger partial charge is 0.306 e. The second kappa shape index (κ2) is 61.1. The summed E-state index contributed by atoms with van der Waals surface area (Å²) in [5.74, 6) is -0.894. The maximum Gasteiger partial charge on any atom is 0.306 e. The average molecular weight is 1020 g/mol. The van der Waals surface area contributed by atoms with E-state index in [2.05, 4.69) is 106 Å². The first-order valence-electron chi connectivity index (χ1n) is 31.1. The zero-order valence-electron chi connectivity index (χ0n) is 48.1. The lowest BCUT2D eigenvalue weighted by molar-refractivity contribution is -0.167. The monoisotopic (exact) mass is 1020 g/mol. The van der Waals surface area contributed by atoms with Crippen LogP contribution in [0.4, 0.5) is 0 Å². The third-order valence-corrected chi connectivity index (χ3v) is 13.4. The number of hydrogen-bond acceptors (Lipinski definition) is 6. The lowest BCUT2D eigenvalue weighted by Crippen LogP contribution is -2.30. The van der Waals surface area contributed by atoms with Crippen LogP contribution in [0.1, 0.15) is 303 Å². The summed E-state index contributed by atoms with van der Waals surface area (Å²) in [6.07, 6.45) is 80.1. The van der Waals surface area contributed by atoms with Crippen LogP contribution in [0.3, 0.4) is 0 Å². The molecular weight excluding hydrogens is 901 g/mol. The molecule has 0 N–H and O–H groups in total. The first-order chi connectivity index (χ1) is 36.0. The highest BCUT2D eigenvalue weighted by atomic mass is 16.6. The van der Waals surface area contributed by atoms with E-state index in [0.29, 0.717) is 19.3 Å². The first kappa shape index (κ1) is 69.6. The Morgan fingerprint density at radius 1 is 0.288 bits per heavy atom. The van der Waals surface area contributed by atoms with Crippen LogP contribution >= 0.6 is 0 Å². The molecule has 0 aromatic carbocycles. The van der Waals surface area contributed by atoms with E-state index in [1.54, 1.807) is 0 Å². The van der Waals surface area contributed by atoms with Crippen LogP contribution in [0.5, 0.6) is 0 Å². The maximum absolute atomic E-state index is 12.9. The van der Waals surface area contributed by atoms with Crippen molar-refractivity contribution in [2.75, 3.05) is 13.2 Å². The molecule has 1 unspecified atom stereocenters. The zero-order valence-corrected chi connectivity index (χ0v) is 48.1. The molecule has 0 aromatic heterocycles. The minimum Gasteiger partial charge on any atom is -0.462 e. The Bertz CT molecular complexity index is 1400. The van der Waals surface area contributed by atoms with E-state index in [-0.39, 0.29) is 31.1 Å². The summed E-state index contributed by atoms with van der Waals surface area (Å²) in [4.78, 5) is 38.2. The molecule has 73 heavy (non-hydrogen) atoms. The number of unbranched alkanes of at least 4 members (excludes halogenated alkanes) is 31. The summed E-state index contributed by atoms with van der Waals surface area (Å²) in [5.41, 5.74) is 0. The van der Waals surface area contributed by atoms with Gasteiger partial charge in [0.05, 0.1) is 0 Å². The number of esters is 3. The van der Waals surface area contributed by atoms with Gasteiger partial charge in [-0.2, -0.15) is 0 Å². The molecule has 420 valence electrons. The fourth-order valence-corrected chi connectivity index (χ4v) is 8.74. The fourth-order valence-electron chi connectivity index (χ4n) is 8.74. The second-order valence-electron chi connectivity index (χ2n) is 20.6. The summed E-state index contributed by atoms with van der Waals surface area (Å²) < 4.78 is 16.9. The Labute approximate surface area is 452 Å². The van der Waals surface area contributed by atoms with E-state index in [1.807, 2.05) is 0 Å².